The van der Waals surface area contributed by atoms with E-state index in [9.17, 15) is 14.4 Å². The van der Waals surface area contributed by atoms with Crippen LogP contribution in [0.3, 0.4) is 0 Å². The fourth-order valence-corrected chi connectivity index (χ4v) is 2.13. The zero-order valence-corrected chi connectivity index (χ0v) is 13.4. The van der Waals surface area contributed by atoms with E-state index in [1.165, 1.54) is 6.92 Å². The summed E-state index contributed by atoms with van der Waals surface area (Å²) in [7, 11) is 0. The van der Waals surface area contributed by atoms with Crippen LogP contribution in [-0.4, -0.2) is 23.8 Å². The Balaban J connectivity index is 1.90. The number of carbonyl (C=O) groups excluding carboxylic acids is 3. The molecule has 0 fully saturated rings. The van der Waals surface area contributed by atoms with Crippen molar-refractivity contribution in [1.82, 2.24) is 0 Å². The normalized spacial score (nSPS) is 11.4. The molecule has 0 aliphatic rings. The van der Waals surface area contributed by atoms with Crippen molar-refractivity contribution in [2.24, 2.45) is 0 Å². The number of hydrogen-bond acceptors (Lipinski definition) is 4. The number of hydrogen-bond donors (Lipinski definition) is 1. The smallest absolute Gasteiger partial charge is 0.310 e. The largest absolute Gasteiger partial charge is 0.454 e. The molecule has 1 atom stereocenters. The van der Waals surface area contributed by atoms with Gasteiger partial charge in [-0.05, 0) is 24.6 Å². The maximum Gasteiger partial charge on any atom is 0.310 e. The van der Waals surface area contributed by atoms with E-state index in [0.717, 1.165) is 5.56 Å². The minimum Gasteiger partial charge on any atom is -0.454 e. The maximum atomic E-state index is 12.0. The summed E-state index contributed by atoms with van der Waals surface area (Å²) in [5.74, 6) is -1.28. The second kappa shape index (κ2) is 8.62. The van der Waals surface area contributed by atoms with Crippen LogP contribution in [0.1, 0.15) is 18.9 Å². The molecular formula is C19H19NO4. The Morgan fingerprint density at radius 2 is 1.54 bits per heavy atom. The Bertz CT molecular complexity index is 642. The van der Waals surface area contributed by atoms with E-state index >= 15 is 0 Å². The molecule has 0 bridgehead atoms. The van der Waals surface area contributed by atoms with Crippen molar-refractivity contribution in [2.45, 2.75) is 25.9 Å². The number of ether oxygens (including phenoxy) is 1. The molecule has 0 radical (unpaired) electrons. The number of esters is 1. The van der Waals surface area contributed by atoms with Crippen LogP contribution in [0.2, 0.25) is 0 Å². The van der Waals surface area contributed by atoms with Gasteiger partial charge in [0.05, 0.1) is 12.8 Å². The van der Waals surface area contributed by atoms with E-state index in [-0.39, 0.29) is 24.5 Å². The maximum absolute atomic E-state index is 12.0. The highest BCUT2D eigenvalue weighted by atomic mass is 16.5. The number of rotatable bonds is 7. The van der Waals surface area contributed by atoms with Crippen molar-refractivity contribution in [3.05, 3.63) is 66.2 Å². The lowest BCUT2D eigenvalue weighted by molar-refractivity contribution is -0.155. The number of amides is 1. The first-order valence-corrected chi connectivity index (χ1v) is 7.63. The zero-order chi connectivity index (χ0) is 17.4. The summed E-state index contributed by atoms with van der Waals surface area (Å²) in [4.78, 5) is 35.6. The third kappa shape index (κ3) is 5.68. The SMILES string of the molecule is CC(=O)C(CC(=O)Nc1ccccc1)OC(=O)Cc1ccccc1. The van der Waals surface area contributed by atoms with Gasteiger partial charge >= 0.3 is 5.97 Å². The van der Waals surface area contributed by atoms with Crippen molar-refractivity contribution < 1.29 is 19.1 Å². The van der Waals surface area contributed by atoms with E-state index in [0.29, 0.717) is 5.69 Å². The summed E-state index contributed by atoms with van der Waals surface area (Å²) in [5.41, 5.74) is 1.42. The summed E-state index contributed by atoms with van der Waals surface area (Å²) in [6.45, 7) is 1.30. The van der Waals surface area contributed by atoms with Gasteiger partial charge in [-0.15, -0.1) is 0 Å². The van der Waals surface area contributed by atoms with E-state index < -0.39 is 12.1 Å². The van der Waals surface area contributed by atoms with Crippen LogP contribution < -0.4 is 5.32 Å². The van der Waals surface area contributed by atoms with Gasteiger partial charge in [-0.3, -0.25) is 14.4 Å². The third-order valence-electron chi connectivity index (χ3n) is 3.35. The Kier molecular flexibility index (Phi) is 6.25. The highest BCUT2D eigenvalue weighted by molar-refractivity contribution is 5.95. The van der Waals surface area contributed by atoms with Crippen molar-refractivity contribution in [2.75, 3.05) is 5.32 Å². The van der Waals surface area contributed by atoms with Crippen molar-refractivity contribution in [3.8, 4) is 0 Å². The van der Waals surface area contributed by atoms with Crippen molar-refractivity contribution >= 4 is 23.3 Å². The molecule has 2 aromatic rings. The van der Waals surface area contributed by atoms with Crippen LogP contribution in [0.5, 0.6) is 0 Å². The number of carbonyl (C=O) groups is 3. The molecule has 0 saturated heterocycles. The molecule has 1 unspecified atom stereocenters. The summed E-state index contributed by atoms with van der Waals surface area (Å²) >= 11 is 0. The van der Waals surface area contributed by atoms with Gasteiger partial charge in [-0.2, -0.15) is 0 Å². The Morgan fingerprint density at radius 3 is 2.12 bits per heavy atom. The van der Waals surface area contributed by atoms with E-state index in [4.69, 9.17) is 4.74 Å². The van der Waals surface area contributed by atoms with E-state index in [2.05, 4.69) is 5.32 Å². The van der Waals surface area contributed by atoms with Crippen LogP contribution in [0, 0.1) is 0 Å². The summed E-state index contributed by atoms with van der Waals surface area (Å²) in [6.07, 6.45) is -1.22. The van der Waals surface area contributed by atoms with Gasteiger partial charge in [-0.25, -0.2) is 0 Å². The minimum atomic E-state index is -1.08. The number of ketones is 1. The highest BCUT2D eigenvalue weighted by Gasteiger charge is 2.23. The summed E-state index contributed by atoms with van der Waals surface area (Å²) < 4.78 is 5.17. The number of benzene rings is 2. The number of para-hydroxylation sites is 1. The average Bonchev–Trinajstić information content (AvgIpc) is 2.56. The lowest BCUT2D eigenvalue weighted by Gasteiger charge is -2.15. The molecular weight excluding hydrogens is 306 g/mol. The predicted molar refractivity (Wildman–Crippen MR) is 90.4 cm³/mol. The highest BCUT2D eigenvalue weighted by Crippen LogP contribution is 2.10. The molecule has 0 spiro atoms. The van der Waals surface area contributed by atoms with Gasteiger partial charge in [0.1, 0.15) is 0 Å². The Labute approximate surface area is 140 Å². The summed E-state index contributed by atoms with van der Waals surface area (Å²) in [6, 6.07) is 18.0. The zero-order valence-electron chi connectivity index (χ0n) is 13.4. The molecule has 0 aromatic heterocycles. The van der Waals surface area contributed by atoms with Gasteiger partial charge in [0.2, 0.25) is 5.91 Å². The molecule has 2 rings (SSSR count). The first kappa shape index (κ1) is 17.4. The molecule has 1 amide bonds. The molecule has 5 nitrogen and oxygen atoms in total. The molecule has 24 heavy (non-hydrogen) atoms. The number of Topliss-reactive ketones (excluding diaryl/α,β-unsaturated/α-hetero) is 1. The summed E-state index contributed by atoms with van der Waals surface area (Å²) in [5, 5.41) is 2.67. The number of anilines is 1. The van der Waals surface area contributed by atoms with Crippen LogP contribution in [-0.2, 0) is 25.5 Å². The van der Waals surface area contributed by atoms with Gasteiger partial charge in [0.15, 0.2) is 11.9 Å². The van der Waals surface area contributed by atoms with Gasteiger partial charge in [0, 0.05) is 5.69 Å². The third-order valence-corrected chi connectivity index (χ3v) is 3.35. The quantitative estimate of drug-likeness (QED) is 0.795. The molecule has 0 aliphatic carbocycles. The van der Waals surface area contributed by atoms with Crippen molar-refractivity contribution in [1.29, 1.82) is 0 Å². The van der Waals surface area contributed by atoms with E-state index in [1.54, 1.807) is 36.4 Å². The second-order valence-corrected chi connectivity index (χ2v) is 5.37. The molecule has 1 N–H and O–H groups in total. The fraction of sp³-hybridized carbons (Fsp3) is 0.211. The first-order chi connectivity index (χ1) is 11.5. The topological polar surface area (TPSA) is 72.5 Å². The Hall–Kier alpha value is -2.95. The average molecular weight is 325 g/mol. The van der Waals surface area contributed by atoms with Crippen LogP contribution in [0.25, 0.3) is 0 Å². The van der Waals surface area contributed by atoms with Gasteiger partial charge in [-0.1, -0.05) is 48.5 Å². The Morgan fingerprint density at radius 1 is 0.958 bits per heavy atom. The molecule has 2 aromatic carbocycles. The van der Waals surface area contributed by atoms with E-state index in [1.807, 2.05) is 24.3 Å². The van der Waals surface area contributed by atoms with Crippen LogP contribution in [0.15, 0.2) is 60.7 Å². The molecule has 124 valence electrons. The standard InChI is InChI=1S/C19H19NO4/c1-14(21)17(13-18(22)20-16-10-6-3-7-11-16)24-19(23)12-15-8-4-2-5-9-15/h2-11,17H,12-13H2,1H3,(H,20,22). The first-order valence-electron chi connectivity index (χ1n) is 7.63. The van der Waals surface area contributed by atoms with Gasteiger partial charge in [0.25, 0.3) is 0 Å². The van der Waals surface area contributed by atoms with Crippen molar-refractivity contribution in [3.63, 3.8) is 0 Å². The molecule has 0 saturated carbocycles. The second-order valence-electron chi connectivity index (χ2n) is 5.37. The van der Waals surface area contributed by atoms with Gasteiger partial charge < -0.3 is 10.1 Å². The molecule has 0 aliphatic heterocycles. The minimum absolute atomic E-state index is 0.0604. The number of nitrogens with one attached hydrogen (secondary N) is 1. The monoisotopic (exact) mass is 325 g/mol. The molecule has 0 heterocycles. The van der Waals surface area contributed by atoms with Crippen LogP contribution >= 0.6 is 0 Å². The predicted octanol–water partition coefficient (Wildman–Crippen LogP) is 2.76. The lowest BCUT2D eigenvalue weighted by atomic mass is 10.1. The fourth-order valence-electron chi connectivity index (χ4n) is 2.13. The lowest BCUT2D eigenvalue weighted by Crippen LogP contribution is -2.31. The van der Waals surface area contributed by atoms with Crippen LogP contribution in [0.4, 0.5) is 5.69 Å². The molecule has 5 heteroatoms.